The third kappa shape index (κ3) is 6.81. The van der Waals surface area contributed by atoms with Crippen LogP contribution in [0.25, 0.3) is 5.57 Å². The van der Waals surface area contributed by atoms with Crippen molar-refractivity contribution in [2.45, 2.75) is 58.8 Å². The lowest BCUT2D eigenvalue weighted by Crippen LogP contribution is -2.23. The lowest BCUT2D eigenvalue weighted by molar-refractivity contribution is 0.0695. The van der Waals surface area contributed by atoms with Crippen molar-refractivity contribution in [1.29, 1.82) is 0 Å². The predicted molar refractivity (Wildman–Crippen MR) is 147 cm³/mol. The molecule has 0 heterocycles. The molecule has 0 aliphatic heterocycles. The Hall–Kier alpha value is -4.08. The summed E-state index contributed by atoms with van der Waals surface area (Å²) >= 11 is 0. The molecule has 0 aliphatic carbocycles. The molecule has 204 valence electrons. The van der Waals surface area contributed by atoms with Gasteiger partial charge in [-0.05, 0) is 53.2 Å². The molecule has 0 bridgehead atoms. The number of nitroso groups, excluding NO2 is 2. The average molecular weight is 526 g/mol. The first kappa shape index (κ1) is 30.1. The number of carboxylic acids is 1. The minimum atomic E-state index is -1.39. The average Bonchev–Trinajstić information content (AvgIpc) is 2.90. The Balaban J connectivity index is 2.92. The molecule has 0 radical (unpaired) electrons. The van der Waals surface area contributed by atoms with Gasteiger partial charge in [0, 0.05) is 31.8 Å². The summed E-state index contributed by atoms with van der Waals surface area (Å²) in [4.78, 5) is 50.3. The second-order valence-corrected chi connectivity index (χ2v) is 9.10. The number of allylic oxidation sites excluding steroid dienone is 1. The number of amides is 1. The topological polar surface area (TPSA) is 135 Å². The molecule has 1 N–H and O–H groups in total. The number of carboxylic acid groups (broad SMARTS) is 1. The van der Waals surface area contributed by atoms with Crippen molar-refractivity contribution >= 4 is 28.8 Å². The van der Waals surface area contributed by atoms with Crippen molar-refractivity contribution in [3.05, 3.63) is 56.8 Å². The van der Waals surface area contributed by atoms with Crippen molar-refractivity contribution in [2.75, 3.05) is 21.2 Å². The van der Waals surface area contributed by atoms with Crippen LogP contribution in [0.3, 0.4) is 0 Å². The SMILES string of the molecule is C=C(CCCC)c1cc(OC)cc(Oc2c(N=O)cc(N=O)c(C(=O)O)c2CCCCC)c1C(=O)N(C)C. The number of methoxy groups -OCH3 is 1. The van der Waals surface area contributed by atoms with E-state index in [1.807, 2.05) is 13.8 Å². The van der Waals surface area contributed by atoms with E-state index in [0.29, 0.717) is 29.7 Å². The van der Waals surface area contributed by atoms with Crippen LogP contribution >= 0.6 is 0 Å². The third-order valence-corrected chi connectivity index (χ3v) is 6.14. The molecule has 38 heavy (non-hydrogen) atoms. The number of benzene rings is 2. The minimum absolute atomic E-state index is 0.0421. The molecular formula is C28H35N3O7. The van der Waals surface area contributed by atoms with Crippen LogP contribution in [0.5, 0.6) is 17.2 Å². The van der Waals surface area contributed by atoms with Crippen LogP contribution in [0.2, 0.25) is 0 Å². The fourth-order valence-corrected chi connectivity index (χ4v) is 4.12. The Morgan fingerprint density at radius 2 is 1.63 bits per heavy atom. The van der Waals surface area contributed by atoms with E-state index in [9.17, 15) is 24.5 Å². The van der Waals surface area contributed by atoms with Gasteiger partial charge in [-0.25, -0.2) is 4.79 Å². The van der Waals surface area contributed by atoms with E-state index < -0.39 is 11.7 Å². The van der Waals surface area contributed by atoms with E-state index in [0.717, 1.165) is 31.7 Å². The molecule has 10 nitrogen and oxygen atoms in total. The van der Waals surface area contributed by atoms with Gasteiger partial charge in [-0.15, -0.1) is 9.81 Å². The van der Waals surface area contributed by atoms with Gasteiger partial charge in [-0.2, -0.15) is 0 Å². The second kappa shape index (κ2) is 14.0. The molecule has 10 heteroatoms. The summed E-state index contributed by atoms with van der Waals surface area (Å²) < 4.78 is 11.7. The predicted octanol–water partition coefficient (Wildman–Crippen LogP) is 7.62. The molecule has 2 rings (SSSR count). The van der Waals surface area contributed by atoms with Gasteiger partial charge in [0.25, 0.3) is 5.91 Å². The van der Waals surface area contributed by atoms with E-state index in [-0.39, 0.29) is 46.2 Å². The van der Waals surface area contributed by atoms with Crippen molar-refractivity contribution in [1.82, 2.24) is 4.90 Å². The molecule has 0 atom stereocenters. The Morgan fingerprint density at radius 3 is 2.16 bits per heavy atom. The molecular weight excluding hydrogens is 490 g/mol. The van der Waals surface area contributed by atoms with Gasteiger partial charge in [0.15, 0.2) is 11.4 Å². The van der Waals surface area contributed by atoms with Gasteiger partial charge in [0.05, 0.1) is 18.2 Å². The summed E-state index contributed by atoms with van der Waals surface area (Å²) in [5, 5.41) is 15.8. The van der Waals surface area contributed by atoms with Crippen LogP contribution in [0.1, 0.15) is 84.2 Å². The zero-order valence-corrected chi connectivity index (χ0v) is 22.6. The normalized spacial score (nSPS) is 10.6. The van der Waals surface area contributed by atoms with Crippen LogP contribution in [0.15, 0.2) is 35.1 Å². The zero-order valence-electron chi connectivity index (χ0n) is 22.6. The highest BCUT2D eigenvalue weighted by Crippen LogP contribution is 2.45. The maximum atomic E-state index is 13.4. The number of unbranched alkanes of at least 4 members (excludes halogenated alkanes) is 3. The van der Waals surface area contributed by atoms with Crippen molar-refractivity contribution < 1.29 is 24.2 Å². The Morgan fingerprint density at radius 1 is 0.974 bits per heavy atom. The van der Waals surface area contributed by atoms with Gasteiger partial charge in [-0.1, -0.05) is 39.7 Å². The number of ether oxygens (including phenoxy) is 2. The van der Waals surface area contributed by atoms with Crippen molar-refractivity contribution in [3.63, 3.8) is 0 Å². The zero-order chi connectivity index (χ0) is 28.4. The monoisotopic (exact) mass is 525 g/mol. The van der Waals surface area contributed by atoms with Gasteiger partial charge in [0.1, 0.15) is 17.2 Å². The van der Waals surface area contributed by atoms with Gasteiger partial charge in [0.2, 0.25) is 0 Å². The number of hydrogen-bond acceptors (Lipinski definition) is 8. The van der Waals surface area contributed by atoms with E-state index in [2.05, 4.69) is 16.9 Å². The fraction of sp³-hybridized carbons (Fsp3) is 0.429. The first-order chi connectivity index (χ1) is 18.1. The molecule has 0 aromatic heterocycles. The molecule has 0 fully saturated rings. The number of rotatable bonds is 15. The van der Waals surface area contributed by atoms with E-state index in [1.54, 1.807) is 20.2 Å². The molecule has 0 spiro atoms. The van der Waals surface area contributed by atoms with Crippen LogP contribution < -0.4 is 9.47 Å². The Bertz CT molecular complexity index is 1220. The molecule has 0 aliphatic rings. The maximum absolute atomic E-state index is 13.4. The molecule has 0 unspecified atom stereocenters. The van der Waals surface area contributed by atoms with Crippen LogP contribution in [0.4, 0.5) is 11.4 Å². The highest BCUT2D eigenvalue weighted by molar-refractivity contribution is 6.02. The summed E-state index contributed by atoms with van der Waals surface area (Å²) in [5.41, 5.74) is 0.421. The van der Waals surface area contributed by atoms with Crippen molar-refractivity contribution in [2.24, 2.45) is 10.4 Å². The number of aromatic carboxylic acids is 1. The number of hydrogen-bond donors (Lipinski definition) is 1. The highest BCUT2D eigenvalue weighted by atomic mass is 16.5. The molecule has 2 aromatic carbocycles. The minimum Gasteiger partial charge on any atom is -0.497 e. The van der Waals surface area contributed by atoms with Crippen molar-refractivity contribution in [3.8, 4) is 17.2 Å². The highest BCUT2D eigenvalue weighted by Gasteiger charge is 2.28. The largest absolute Gasteiger partial charge is 0.497 e. The third-order valence-electron chi connectivity index (χ3n) is 6.14. The quantitative estimate of drug-likeness (QED) is 0.187. The smallest absolute Gasteiger partial charge is 0.338 e. The van der Waals surface area contributed by atoms with Gasteiger partial charge >= 0.3 is 5.97 Å². The maximum Gasteiger partial charge on any atom is 0.338 e. The number of carbonyl (C=O) groups is 2. The second-order valence-electron chi connectivity index (χ2n) is 9.10. The molecule has 2 aromatic rings. The summed E-state index contributed by atoms with van der Waals surface area (Å²) in [6, 6.07) is 4.17. The van der Waals surface area contributed by atoms with Gasteiger partial charge < -0.3 is 19.5 Å². The summed E-state index contributed by atoms with van der Waals surface area (Å²) in [6.07, 6.45) is 4.78. The Labute approximate surface area is 222 Å². The molecule has 0 saturated heterocycles. The molecule has 1 amide bonds. The summed E-state index contributed by atoms with van der Waals surface area (Å²) in [7, 11) is 4.65. The first-order valence-corrected chi connectivity index (χ1v) is 12.5. The fourth-order valence-electron chi connectivity index (χ4n) is 4.12. The van der Waals surface area contributed by atoms with E-state index in [1.165, 1.54) is 18.1 Å². The van der Waals surface area contributed by atoms with Crippen LogP contribution in [0, 0.1) is 9.81 Å². The first-order valence-electron chi connectivity index (χ1n) is 12.5. The standard InChI is InChI=1S/C28H35N3O7/c1-7-9-11-13-19-24(28(33)34)21(29-35)16-22(30-36)26(19)38-23-15-18(37-6)14-20(17(3)12-10-8-2)25(23)27(32)31(4)5/h14-16H,3,7-13H2,1-2,4-6H3,(H,33,34). The Kier molecular flexibility index (Phi) is 11.1. The lowest BCUT2D eigenvalue weighted by atomic mass is 9.94. The number of carbonyl (C=O) groups excluding carboxylic acids is 1. The van der Waals surface area contributed by atoms with Crippen LogP contribution in [-0.4, -0.2) is 43.1 Å². The van der Waals surface area contributed by atoms with Crippen LogP contribution in [-0.2, 0) is 6.42 Å². The van der Waals surface area contributed by atoms with Gasteiger partial charge in [-0.3, -0.25) is 4.79 Å². The summed E-state index contributed by atoms with van der Waals surface area (Å²) in [5.74, 6) is -1.50. The van der Waals surface area contributed by atoms with E-state index >= 15 is 0 Å². The van der Waals surface area contributed by atoms with E-state index in [4.69, 9.17) is 9.47 Å². The molecule has 0 saturated carbocycles. The summed E-state index contributed by atoms with van der Waals surface area (Å²) in [6.45, 7) is 8.21. The number of nitrogens with zero attached hydrogens (tertiary/aromatic N) is 3. The lowest BCUT2D eigenvalue weighted by Gasteiger charge is -2.22.